The lowest BCUT2D eigenvalue weighted by Gasteiger charge is -2.39. The molecule has 1 aliphatic heterocycles. The normalized spacial score (nSPS) is 18.0. The van der Waals surface area contributed by atoms with Crippen molar-refractivity contribution in [1.82, 2.24) is 10.2 Å². The van der Waals surface area contributed by atoms with E-state index in [-0.39, 0.29) is 25.0 Å². The van der Waals surface area contributed by atoms with E-state index in [4.69, 9.17) is 5.11 Å². The van der Waals surface area contributed by atoms with Crippen LogP contribution in [0.4, 0.5) is 0 Å². The Kier molecular flexibility index (Phi) is 4.78. The predicted octanol–water partition coefficient (Wildman–Crippen LogP) is 0.719. The lowest BCUT2D eigenvalue weighted by molar-refractivity contribution is -0.145. The standard InChI is InChI=1S/C15H18N2O3S/c1-15(2)14(20)16-13(19)10-17(15)9-12-11(6-8-21-12)5-3-4-7-18/h6,8,18H,4,7,9-10H2,1-2H3,(H,16,19,20). The van der Waals surface area contributed by atoms with Crippen LogP contribution in [0.2, 0.25) is 0 Å². The lowest BCUT2D eigenvalue weighted by atomic mass is 9.98. The molecule has 0 atom stereocenters. The molecule has 0 saturated carbocycles. The van der Waals surface area contributed by atoms with Crippen LogP contribution in [0.15, 0.2) is 11.4 Å². The Morgan fingerprint density at radius 2 is 2.24 bits per heavy atom. The van der Waals surface area contributed by atoms with Gasteiger partial charge in [0.1, 0.15) is 0 Å². The summed E-state index contributed by atoms with van der Waals surface area (Å²) < 4.78 is 0. The minimum Gasteiger partial charge on any atom is -0.395 e. The van der Waals surface area contributed by atoms with Crippen molar-refractivity contribution in [3.63, 3.8) is 0 Å². The fourth-order valence-corrected chi connectivity index (χ4v) is 2.89. The molecule has 6 heteroatoms. The number of thiophene rings is 1. The first-order valence-corrected chi connectivity index (χ1v) is 7.58. The van der Waals surface area contributed by atoms with Crippen molar-refractivity contribution in [3.8, 4) is 11.8 Å². The molecular formula is C15H18N2O3S. The van der Waals surface area contributed by atoms with E-state index in [1.807, 2.05) is 16.3 Å². The molecule has 0 unspecified atom stereocenters. The largest absolute Gasteiger partial charge is 0.395 e. The van der Waals surface area contributed by atoms with Gasteiger partial charge in [-0.2, -0.15) is 0 Å². The highest BCUT2D eigenvalue weighted by Crippen LogP contribution is 2.25. The van der Waals surface area contributed by atoms with Gasteiger partial charge in [-0.15, -0.1) is 11.3 Å². The number of rotatable bonds is 3. The van der Waals surface area contributed by atoms with Crippen LogP contribution < -0.4 is 5.32 Å². The summed E-state index contributed by atoms with van der Waals surface area (Å²) in [4.78, 5) is 26.4. The first-order chi connectivity index (χ1) is 9.95. The van der Waals surface area contributed by atoms with Crippen molar-refractivity contribution in [1.29, 1.82) is 0 Å². The van der Waals surface area contributed by atoms with Gasteiger partial charge >= 0.3 is 0 Å². The van der Waals surface area contributed by atoms with E-state index in [1.165, 1.54) is 0 Å². The zero-order valence-corrected chi connectivity index (χ0v) is 12.9. The highest BCUT2D eigenvalue weighted by Gasteiger charge is 2.40. The first kappa shape index (κ1) is 15.7. The zero-order chi connectivity index (χ0) is 15.5. The number of nitrogens with one attached hydrogen (secondary N) is 1. The van der Waals surface area contributed by atoms with Crippen LogP contribution in [0.25, 0.3) is 0 Å². The fourth-order valence-electron chi connectivity index (χ4n) is 2.05. The van der Waals surface area contributed by atoms with Crippen LogP contribution in [0.5, 0.6) is 0 Å². The van der Waals surface area contributed by atoms with Crippen LogP contribution in [-0.2, 0) is 16.1 Å². The third-order valence-electron chi connectivity index (χ3n) is 3.47. The van der Waals surface area contributed by atoms with Crippen LogP contribution >= 0.6 is 11.3 Å². The molecule has 2 heterocycles. The van der Waals surface area contributed by atoms with Crippen LogP contribution in [0.3, 0.4) is 0 Å². The van der Waals surface area contributed by atoms with Crippen molar-refractivity contribution in [2.24, 2.45) is 0 Å². The topological polar surface area (TPSA) is 69.6 Å². The number of carbonyl (C=O) groups is 2. The number of aliphatic hydroxyl groups excluding tert-OH is 1. The minimum atomic E-state index is -0.728. The van der Waals surface area contributed by atoms with E-state index < -0.39 is 5.54 Å². The maximum absolute atomic E-state index is 11.9. The highest BCUT2D eigenvalue weighted by atomic mass is 32.1. The van der Waals surface area contributed by atoms with Gasteiger partial charge in [-0.1, -0.05) is 11.8 Å². The van der Waals surface area contributed by atoms with Crippen molar-refractivity contribution in [2.45, 2.75) is 32.4 Å². The van der Waals surface area contributed by atoms with E-state index in [0.717, 1.165) is 10.4 Å². The van der Waals surface area contributed by atoms with Crippen molar-refractivity contribution >= 4 is 23.2 Å². The Labute approximate surface area is 128 Å². The molecule has 0 aromatic carbocycles. The maximum Gasteiger partial charge on any atom is 0.246 e. The number of nitrogens with zero attached hydrogens (tertiary/aromatic N) is 1. The Morgan fingerprint density at radius 3 is 2.95 bits per heavy atom. The summed E-state index contributed by atoms with van der Waals surface area (Å²) in [6.07, 6.45) is 0.436. The van der Waals surface area contributed by atoms with E-state index in [2.05, 4.69) is 17.2 Å². The van der Waals surface area contributed by atoms with Gasteiger partial charge in [0.2, 0.25) is 11.8 Å². The Morgan fingerprint density at radius 1 is 1.48 bits per heavy atom. The van der Waals surface area contributed by atoms with E-state index in [0.29, 0.717) is 13.0 Å². The minimum absolute atomic E-state index is 0.0420. The Balaban J connectivity index is 2.18. The average molecular weight is 306 g/mol. The average Bonchev–Trinajstić information content (AvgIpc) is 2.84. The fraction of sp³-hybridized carbons (Fsp3) is 0.467. The van der Waals surface area contributed by atoms with E-state index in [9.17, 15) is 9.59 Å². The van der Waals surface area contributed by atoms with Gasteiger partial charge < -0.3 is 5.11 Å². The molecule has 2 N–H and O–H groups in total. The lowest BCUT2D eigenvalue weighted by Crippen LogP contribution is -2.63. The van der Waals surface area contributed by atoms with Gasteiger partial charge in [0, 0.05) is 23.4 Å². The summed E-state index contributed by atoms with van der Waals surface area (Å²) in [6.45, 7) is 4.35. The molecule has 1 aromatic rings. The molecule has 21 heavy (non-hydrogen) atoms. The molecule has 2 rings (SSSR count). The molecule has 1 fully saturated rings. The van der Waals surface area contributed by atoms with Crippen LogP contribution in [-0.4, -0.2) is 40.5 Å². The van der Waals surface area contributed by atoms with Crippen molar-refractivity contribution in [2.75, 3.05) is 13.2 Å². The number of amides is 2. The number of hydrogen-bond donors (Lipinski definition) is 2. The first-order valence-electron chi connectivity index (χ1n) is 6.70. The SMILES string of the molecule is CC1(C)C(=O)NC(=O)CN1Cc1sccc1C#CCCO. The van der Waals surface area contributed by atoms with Crippen molar-refractivity contribution in [3.05, 3.63) is 21.9 Å². The number of piperazine rings is 1. The van der Waals surface area contributed by atoms with E-state index >= 15 is 0 Å². The number of imide groups is 1. The Hall–Kier alpha value is -1.68. The summed E-state index contributed by atoms with van der Waals surface area (Å²) in [7, 11) is 0. The zero-order valence-electron chi connectivity index (χ0n) is 12.1. The molecular weight excluding hydrogens is 288 g/mol. The highest BCUT2D eigenvalue weighted by molar-refractivity contribution is 7.10. The molecule has 1 saturated heterocycles. The van der Waals surface area contributed by atoms with E-state index in [1.54, 1.807) is 25.2 Å². The molecule has 0 bridgehead atoms. The second kappa shape index (κ2) is 6.39. The molecule has 0 radical (unpaired) electrons. The quantitative estimate of drug-likeness (QED) is 0.638. The molecule has 1 aromatic heterocycles. The number of hydrogen-bond acceptors (Lipinski definition) is 5. The summed E-state index contributed by atoms with van der Waals surface area (Å²) in [6, 6.07) is 1.92. The molecule has 1 aliphatic rings. The monoisotopic (exact) mass is 306 g/mol. The summed E-state index contributed by atoms with van der Waals surface area (Å²) in [5.41, 5.74) is 0.163. The second-order valence-electron chi connectivity index (χ2n) is 5.33. The summed E-state index contributed by atoms with van der Waals surface area (Å²) in [5, 5.41) is 13.1. The number of carbonyl (C=O) groups excluding carboxylic acids is 2. The maximum atomic E-state index is 11.9. The third kappa shape index (κ3) is 3.50. The van der Waals surface area contributed by atoms with Gasteiger partial charge in [-0.25, -0.2) is 0 Å². The van der Waals surface area contributed by atoms with Gasteiger partial charge in [0.15, 0.2) is 0 Å². The van der Waals surface area contributed by atoms with Crippen molar-refractivity contribution < 1.29 is 14.7 Å². The third-order valence-corrected chi connectivity index (χ3v) is 4.38. The van der Waals surface area contributed by atoms with Crippen LogP contribution in [0, 0.1) is 11.8 Å². The molecule has 0 aliphatic carbocycles. The molecule has 2 amide bonds. The van der Waals surface area contributed by atoms with Gasteiger partial charge in [0.25, 0.3) is 0 Å². The van der Waals surface area contributed by atoms with Gasteiger partial charge in [-0.3, -0.25) is 19.8 Å². The number of aliphatic hydroxyl groups is 1. The smallest absolute Gasteiger partial charge is 0.246 e. The summed E-state index contributed by atoms with van der Waals surface area (Å²) >= 11 is 1.55. The van der Waals surface area contributed by atoms with Gasteiger partial charge in [0.05, 0.1) is 18.7 Å². The predicted molar refractivity (Wildman–Crippen MR) is 80.5 cm³/mol. The van der Waals surface area contributed by atoms with Crippen LogP contribution in [0.1, 0.15) is 30.7 Å². The van der Waals surface area contributed by atoms with Gasteiger partial charge in [-0.05, 0) is 25.3 Å². The second-order valence-corrected chi connectivity index (χ2v) is 6.33. The molecule has 5 nitrogen and oxygen atoms in total. The molecule has 112 valence electrons. The molecule has 0 spiro atoms. The summed E-state index contributed by atoms with van der Waals surface area (Å²) in [5.74, 6) is 5.37. The Bertz CT molecular complexity index is 610.